The van der Waals surface area contributed by atoms with Gasteiger partial charge in [-0.2, -0.15) is 0 Å². The van der Waals surface area contributed by atoms with Gasteiger partial charge in [0, 0.05) is 6.54 Å². The van der Waals surface area contributed by atoms with Crippen molar-refractivity contribution >= 4 is 26.0 Å². The summed E-state index contributed by atoms with van der Waals surface area (Å²) in [6.45, 7) is 0.213. The maximum Gasteiger partial charge on any atom is 0.221 e. The molecule has 0 amide bonds. The lowest BCUT2D eigenvalue weighted by molar-refractivity contribution is 0.480. The molecule has 0 aliphatic rings. The van der Waals surface area contributed by atoms with E-state index in [0.29, 0.717) is 11.5 Å². The molecule has 0 fully saturated rings. The SMILES string of the molecule is O=S(=O)(CBr)NCc1ccc(Oc2ccc(F)cc2)cc1. The third kappa shape index (κ3) is 5.11. The van der Waals surface area contributed by atoms with Gasteiger partial charge in [0.05, 0.1) is 0 Å². The van der Waals surface area contributed by atoms with Crippen LogP contribution in [-0.2, 0) is 16.6 Å². The number of ether oxygens (including phenoxy) is 1. The Labute approximate surface area is 131 Å². The highest BCUT2D eigenvalue weighted by molar-refractivity contribution is 9.10. The van der Waals surface area contributed by atoms with Crippen LogP contribution in [0, 0.1) is 5.82 Å². The molecule has 0 atom stereocenters. The highest BCUT2D eigenvalue weighted by Crippen LogP contribution is 2.21. The molecule has 2 aromatic carbocycles. The molecule has 4 nitrogen and oxygen atoms in total. The number of hydrogen-bond acceptors (Lipinski definition) is 3. The van der Waals surface area contributed by atoms with E-state index in [2.05, 4.69) is 20.7 Å². The van der Waals surface area contributed by atoms with Crippen molar-refractivity contribution in [1.82, 2.24) is 4.72 Å². The predicted molar refractivity (Wildman–Crippen MR) is 82.5 cm³/mol. The summed E-state index contributed by atoms with van der Waals surface area (Å²) in [5.74, 6) is 0.801. The van der Waals surface area contributed by atoms with Crippen LogP contribution in [0.5, 0.6) is 11.5 Å². The molecule has 0 aliphatic heterocycles. The number of alkyl halides is 1. The van der Waals surface area contributed by atoms with Crippen LogP contribution in [0.1, 0.15) is 5.56 Å². The third-order valence-electron chi connectivity index (χ3n) is 2.61. The zero-order chi connectivity index (χ0) is 15.3. The van der Waals surface area contributed by atoms with Crippen molar-refractivity contribution in [3.05, 3.63) is 59.9 Å². The van der Waals surface area contributed by atoms with Gasteiger partial charge in [-0.05, 0) is 42.0 Å². The molecule has 0 aromatic heterocycles. The van der Waals surface area contributed by atoms with Crippen molar-refractivity contribution in [1.29, 1.82) is 0 Å². The Morgan fingerprint density at radius 3 is 2.05 bits per heavy atom. The van der Waals surface area contributed by atoms with Crippen LogP contribution in [0.2, 0.25) is 0 Å². The van der Waals surface area contributed by atoms with Gasteiger partial charge in [0.25, 0.3) is 0 Å². The zero-order valence-electron chi connectivity index (χ0n) is 10.9. The lowest BCUT2D eigenvalue weighted by atomic mass is 10.2. The molecule has 2 rings (SSSR count). The molecular weight excluding hydrogens is 361 g/mol. The minimum Gasteiger partial charge on any atom is -0.457 e. The standard InChI is InChI=1S/C14H13BrFNO3S/c15-10-21(18,19)17-9-11-1-5-13(6-2-11)20-14-7-3-12(16)4-8-14/h1-8,17H,9-10H2. The Morgan fingerprint density at radius 2 is 1.52 bits per heavy atom. The topological polar surface area (TPSA) is 55.4 Å². The van der Waals surface area contributed by atoms with E-state index in [1.807, 2.05) is 0 Å². The molecule has 0 unspecified atom stereocenters. The highest BCUT2D eigenvalue weighted by Gasteiger charge is 2.06. The second-order valence-electron chi connectivity index (χ2n) is 4.24. The Bertz CT molecular complexity index is 687. The third-order valence-corrected chi connectivity index (χ3v) is 5.29. The molecular formula is C14H13BrFNO3S. The van der Waals surface area contributed by atoms with Gasteiger partial charge in [0.15, 0.2) is 0 Å². The Hall–Kier alpha value is -1.44. The van der Waals surface area contributed by atoms with Crippen molar-refractivity contribution in [2.45, 2.75) is 6.54 Å². The van der Waals surface area contributed by atoms with E-state index >= 15 is 0 Å². The maximum absolute atomic E-state index is 12.8. The summed E-state index contributed by atoms with van der Waals surface area (Å²) in [6, 6.07) is 12.7. The summed E-state index contributed by atoms with van der Waals surface area (Å²) in [5, 5.41) is 0. The van der Waals surface area contributed by atoms with Gasteiger partial charge in [-0.15, -0.1) is 0 Å². The second kappa shape index (κ2) is 7.02. The number of sulfonamides is 1. The van der Waals surface area contributed by atoms with Crippen molar-refractivity contribution in [2.75, 3.05) is 4.66 Å². The number of nitrogens with one attached hydrogen (secondary N) is 1. The molecule has 112 valence electrons. The largest absolute Gasteiger partial charge is 0.457 e. The summed E-state index contributed by atoms with van der Waals surface area (Å²) in [6.07, 6.45) is 0. The smallest absolute Gasteiger partial charge is 0.221 e. The molecule has 0 bridgehead atoms. The van der Waals surface area contributed by atoms with E-state index < -0.39 is 10.0 Å². The fourth-order valence-electron chi connectivity index (χ4n) is 1.55. The van der Waals surface area contributed by atoms with E-state index in [1.165, 1.54) is 24.3 Å². The van der Waals surface area contributed by atoms with E-state index in [1.54, 1.807) is 24.3 Å². The maximum atomic E-state index is 12.8. The molecule has 0 saturated carbocycles. The number of benzene rings is 2. The van der Waals surface area contributed by atoms with Gasteiger partial charge in [0.2, 0.25) is 10.0 Å². The average molecular weight is 374 g/mol. The van der Waals surface area contributed by atoms with E-state index in [-0.39, 0.29) is 17.0 Å². The van der Waals surface area contributed by atoms with E-state index in [4.69, 9.17) is 4.74 Å². The summed E-state index contributed by atoms with van der Waals surface area (Å²) in [5.41, 5.74) is 0.811. The lowest BCUT2D eigenvalue weighted by Gasteiger charge is -2.07. The van der Waals surface area contributed by atoms with Crippen molar-refractivity contribution < 1.29 is 17.5 Å². The minimum atomic E-state index is -3.28. The van der Waals surface area contributed by atoms with Crippen LogP contribution < -0.4 is 9.46 Å². The van der Waals surface area contributed by atoms with Gasteiger partial charge in [-0.25, -0.2) is 17.5 Å². The summed E-state index contributed by atoms with van der Waals surface area (Å²) < 4.78 is 43.2. The first kappa shape index (κ1) is 15.9. The number of rotatable bonds is 6. The van der Waals surface area contributed by atoms with Crippen LogP contribution in [0.4, 0.5) is 4.39 Å². The molecule has 0 radical (unpaired) electrons. The molecule has 0 saturated heterocycles. The predicted octanol–water partition coefficient (Wildman–Crippen LogP) is 3.39. The van der Waals surface area contributed by atoms with Crippen LogP contribution in [0.3, 0.4) is 0 Å². The van der Waals surface area contributed by atoms with Gasteiger partial charge in [0.1, 0.15) is 22.0 Å². The van der Waals surface area contributed by atoms with Gasteiger partial charge >= 0.3 is 0 Å². The Morgan fingerprint density at radius 1 is 1.00 bits per heavy atom. The van der Waals surface area contributed by atoms with Gasteiger partial charge < -0.3 is 4.74 Å². The molecule has 0 aliphatic carbocycles. The number of hydrogen-bond donors (Lipinski definition) is 1. The Kier molecular flexibility index (Phi) is 5.33. The number of halogens is 2. The summed E-state index contributed by atoms with van der Waals surface area (Å²) >= 11 is 2.90. The summed E-state index contributed by atoms with van der Waals surface area (Å²) in [7, 11) is -3.28. The van der Waals surface area contributed by atoms with E-state index in [0.717, 1.165) is 5.56 Å². The fraction of sp³-hybridized carbons (Fsp3) is 0.143. The lowest BCUT2D eigenvalue weighted by Crippen LogP contribution is -2.23. The molecule has 0 heterocycles. The molecule has 0 spiro atoms. The van der Waals surface area contributed by atoms with E-state index in [9.17, 15) is 12.8 Å². The first-order valence-electron chi connectivity index (χ1n) is 6.04. The Balaban J connectivity index is 1.97. The van der Waals surface area contributed by atoms with Crippen molar-refractivity contribution in [3.63, 3.8) is 0 Å². The molecule has 21 heavy (non-hydrogen) atoms. The molecule has 7 heteroatoms. The first-order valence-corrected chi connectivity index (χ1v) is 8.81. The fourth-order valence-corrected chi connectivity index (χ4v) is 2.50. The van der Waals surface area contributed by atoms with Gasteiger partial charge in [-0.3, -0.25) is 0 Å². The average Bonchev–Trinajstić information content (AvgIpc) is 2.49. The first-order chi connectivity index (χ1) is 9.98. The molecule has 1 N–H and O–H groups in total. The minimum absolute atomic E-state index is 0.133. The zero-order valence-corrected chi connectivity index (χ0v) is 13.3. The van der Waals surface area contributed by atoms with Crippen LogP contribution in [-0.4, -0.2) is 13.1 Å². The second-order valence-corrected chi connectivity index (χ2v) is 7.35. The van der Waals surface area contributed by atoms with Crippen molar-refractivity contribution in [2.24, 2.45) is 0 Å². The van der Waals surface area contributed by atoms with Crippen LogP contribution in [0.25, 0.3) is 0 Å². The highest BCUT2D eigenvalue weighted by atomic mass is 79.9. The molecule has 2 aromatic rings. The van der Waals surface area contributed by atoms with Crippen LogP contribution in [0.15, 0.2) is 48.5 Å². The van der Waals surface area contributed by atoms with Gasteiger partial charge in [-0.1, -0.05) is 28.1 Å². The quantitative estimate of drug-likeness (QED) is 0.789. The normalized spacial score (nSPS) is 11.3. The van der Waals surface area contributed by atoms with Crippen LogP contribution >= 0.6 is 15.9 Å². The van der Waals surface area contributed by atoms with Crippen molar-refractivity contribution in [3.8, 4) is 11.5 Å². The monoisotopic (exact) mass is 373 g/mol. The summed E-state index contributed by atoms with van der Waals surface area (Å²) in [4.78, 5) is 0.